The number of nitrogens with one attached hydrogen (secondary N) is 1. The Kier molecular flexibility index (Phi) is 3.36. The van der Waals surface area contributed by atoms with Gasteiger partial charge in [-0.3, -0.25) is 4.79 Å². The van der Waals surface area contributed by atoms with Crippen LogP contribution < -0.4 is 11.1 Å². The van der Waals surface area contributed by atoms with E-state index < -0.39 is 0 Å². The van der Waals surface area contributed by atoms with Crippen LogP contribution in [0.4, 0.5) is 0 Å². The van der Waals surface area contributed by atoms with Gasteiger partial charge in [-0.25, -0.2) is 4.98 Å². The molecule has 0 radical (unpaired) electrons. The Bertz CT molecular complexity index is 413. The maximum atomic E-state index is 11.7. The normalized spacial score (nSPS) is 23.6. The molecule has 5 heteroatoms. The first-order valence-corrected chi connectivity index (χ1v) is 6.16. The number of nitrogens with two attached hydrogens (primary N) is 1. The topological polar surface area (TPSA) is 68.0 Å². The van der Waals surface area contributed by atoms with Gasteiger partial charge in [-0.1, -0.05) is 12.2 Å². The largest absolute Gasteiger partial charge is 0.349 e. The van der Waals surface area contributed by atoms with E-state index in [0.29, 0.717) is 13.0 Å². The van der Waals surface area contributed by atoms with Gasteiger partial charge in [0.05, 0.1) is 12.5 Å². The Balaban J connectivity index is 1.82. The summed E-state index contributed by atoms with van der Waals surface area (Å²) in [4.78, 5) is 16.0. The van der Waals surface area contributed by atoms with Gasteiger partial charge in [0.15, 0.2) is 0 Å². The average molecular weight is 237 g/mol. The van der Waals surface area contributed by atoms with Crippen molar-refractivity contribution in [2.24, 2.45) is 11.7 Å². The van der Waals surface area contributed by atoms with Crippen LogP contribution in [0, 0.1) is 12.8 Å². The third-order valence-electron chi connectivity index (χ3n) is 2.53. The first-order valence-electron chi connectivity index (χ1n) is 5.28. The first-order chi connectivity index (χ1) is 7.65. The summed E-state index contributed by atoms with van der Waals surface area (Å²) in [6.45, 7) is 2.46. The van der Waals surface area contributed by atoms with E-state index in [1.165, 1.54) is 0 Å². The predicted octanol–water partition coefficient (Wildman–Crippen LogP) is 0.971. The smallest absolute Gasteiger partial charge is 0.227 e. The van der Waals surface area contributed by atoms with Crippen molar-refractivity contribution in [1.82, 2.24) is 10.3 Å². The molecule has 2 rings (SSSR count). The number of hydrogen-bond acceptors (Lipinski definition) is 4. The minimum atomic E-state index is -0.0731. The summed E-state index contributed by atoms with van der Waals surface area (Å²) in [6, 6.07) is 0.0258. The highest BCUT2D eigenvalue weighted by atomic mass is 32.1. The number of rotatable bonds is 3. The molecule has 2 unspecified atom stereocenters. The zero-order valence-corrected chi connectivity index (χ0v) is 9.96. The molecule has 0 aliphatic heterocycles. The standard InChI is InChI=1S/C11H15N3OS/c1-7-6-16-10(14-7)5-13-11(15)8-2-3-9(12)4-8/h2-3,6,8-9H,4-5,12H2,1H3,(H,13,15). The quantitative estimate of drug-likeness (QED) is 0.770. The molecule has 0 saturated heterocycles. The maximum absolute atomic E-state index is 11.7. The molecule has 1 aromatic heterocycles. The van der Waals surface area contributed by atoms with E-state index in [0.717, 1.165) is 10.7 Å². The lowest BCUT2D eigenvalue weighted by molar-refractivity contribution is -0.123. The van der Waals surface area contributed by atoms with Gasteiger partial charge < -0.3 is 11.1 Å². The highest BCUT2D eigenvalue weighted by Crippen LogP contribution is 2.16. The maximum Gasteiger partial charge on any atom is 0.227 e. The molecular weight excluding hydrogens is 222 g/mol. The van der Waals surface area contributed by atoms with Crippen LogP contribution in [0.15, 0.2) is 17.5 Å². The van der Waals surface area contributed by atoms with Crippen LogP contribution in [0.3, 0.4) is 0 Å². The van der Waals surface area contributed by atoms with Crippen LogP contribution >= 0.6 is 11.3 Å². The van der Waals surface area contributed by atoms with Gasteiger partial charge in [-0.2, -0.15) is 0 Å². The zero-order chi connectivity index (χ0) is 11.5. The van der Waals surface area contributed by atoms with Gasteiger partial charge in [0.2, 0.25) is 5.91 Å². The van der Waals surface area contributed by atoms with Gasteiger partial charge in [-0.05, 0) is 13.3 Å². The van der Waals surface area contributed by atoms with E-state index in [4.69, 9.17) is 5.73 Å². The second kappa shape index (κ2) is 4.76. The van der Waals surface area contributed by atoms with Crippen LogP contribution in [0.5, 0.6) is 0 Å². The second-order valence-corrected chi connectivity index (χ2v) is 4.93. The number of thiazole rings is 1. The van der Waals surface area contributed by atoms with E-state index in [1.807, 2.05) is 24.5 Å². The zero-order valence-electron chi connectivity index (χ0n) is 9.14. The monoisotopic (exact) mass is 237 g/mol. The number of carbonyl (C=O) groups is 1. The fourth-order valence-electron chi connectivity index (χ4n) is 1.70. The SMILES string of the molecule is Cc1csc(CNC(=O)C2C=CC(N)C2)n1. The van der Waals surface area contributed by atoms with Gasteiger partial charge >= 0.3 is 0 Å². The van der Waals surface area contributed by atoms with Crippen molar-refractivity contribution in [3.8, 4) is 0 Å². The molecule has 0 bridgehead atoms. The van der Waals surface area contributed by atoms with E-state index in [2.05, 4.69) is 10.3 Å². The summed E-state index contributed by atoms with van der Waals surface area (Å²) in [5.41, 5.74) is 6.69. The molecule has 86 valence electrons. The third kappa shape index (κ3) is 2.68. The van der Waals surface area contributed by atoms with Gasteiger partial charge in [0.1, 0.15) is 5.01 Å². The van der Waals surface area contributed by atoms with E-state index in [1.54, 1.807) is 11.3 Å². The molecule has 0 aromatic carbocycles. The number of amides is 1. The molecule has 1 aliphatic carbocycles. The molecule has 2 atom stereocenters. The summed E-state index contributed by atoms with van der Waals surface area (Å²) in [5.74, 6) is -0.0342. The van der Waals surface area contributed by atoms with Crippen molar-refractivity contribution in [3.05, 3.63) is 28.2 Å². The number of aryl methyl sites for hydroxylation is 1. The highest BCUT2D eigenvalue weighted by molar-refractivity contribution is 7.09. The molecule has 3 N–H and O–H groups in total. The van der Waals surface area contributed by atoms with Crippen LogP contribution in [0.25, 0.3) is 0 Å². The summed E-state index contributed by atoms with van der Waals surface area (Å²) in [6.07, 6.45) is 4.48. The van der Waals surface area contributed by atoms with Crippen LogP contribution in [-0.2, 0) is 11.3 Å². The summed E-state index contributed by atoms with van der Waals surface area (Å²) in [5, 5.41) is 5.80. The summed E-state index contributed by atoms with van der Waals surface area (Å²) < 4.78 is 0. The highest BCUT2D eigenvalue weighted by Gasteiger charge is 2.22. The van der Waals surface area contributed by atoms with Crippen LogP contribution in [-0.4, -0.2) is 16.9 Å². The van der Waals surface area contributed by atoms with Crippen molar-refractivity contribution in [2.75, 3.05) is 0 Å². The Morgan fingerprint density at radius 1 is 1.69 bits per heavy atom. The average Bonchev–Trinajstić information content (AvgIpc) is 2.84. The lowest BCUT2D eigenvalue weighted by atomic mass is 10.1. The van der Waals surface area contributed by atoms with Gasteiger partial charge in [0.25, 0.3) is 0 Å². The summed E-state index contributed by atoms with van der Waals surface area (Å²) in [7, 11) is 0. The lowest BCUT2D eigenvalue weighted by Gasteiger charge is -2.09. The Morgan fingerprint density at radius 3 is 3.06 bits per heavy atom. The van der Waals surface area contributed by atoms with Gasteiger partial charge in [-0.15, -0.1) is 11.3 Å². The fourth-order valence-corrected chi connectivity index (χ4v) is 2.41. The number of nitrogens with zero attached hydrogens (tertiary/aromatic N) is 1. The molecule has 1 heterocycles. The molecular formula is C11H15N3OS. The second-order valence-electron chi connectivity index (χ2n) is 3.99. The minimum absolute atomic E-state index is 0.0258. The van der Waals surface area contributed by atoms with Crippen LogP contribution in [0.1, 0.15) is 17.1 Å². The number of carbonyl (C=O) groups excluding carboxylic acids is 1. The van der Waals surface area contributed by atoms with Crippen molar-refractivity contribution >= 4 is 17.2 Å². The Hall–Kier alpha value is -1.20. The number of aromatic nitrogens is 1. The minimum Gasteiger partial charge on any atom is -0.349 e. The van der Waals surface area contributed by atoms with Crippen molar-refractivity contribution in [2.45, 2.75) is 25.9 Å². The van der Waals surface area contributed by atoms with Crippen LogP contribution in [0.2, 0.25) is 0 Å². The molecule has 16 heavy (non-hydrogen) atoms. The van der Waals surface area contributed by atoms with Gasteiger partial charge in [0, 0.05) is 17.1 Å². The van der Waals surface area contributed by atoms with Crippen molar-refractivity contribution < 1.29 is 4.79 Å². The molecule has 0 saturated carbocycles. The van der Waals surface area contributed by atoms with E-state index in [-0.39, 0.29) is 17.9 Å². The lowest BCUT2D eigenvalue weighted by Crippen LogP contribution is -2.30. The third-order valence-corrected chi connectivity index (χ3v) is 3.50. The first kappa shape index (κ1) is 11.3. The van der Waals surface area contributed by atoms with Crippen molar-refractivity contribution in [1.29, 1.82) is 0 Å². The molecule has 1 amide bonds. The van der Waals surface area contributed by atoms with Crippen molar-refractivity contribution in [3.63, 3.8) is 0 Å². The Morgan fingerprint density at radius 2 is 2.50 bits per heavy atom. The molecule has 1 aliphatic rings. The molecule has 0 fully saturated rings. The number of hydrogen-bond donors (Lipinski definition) is 2. The molecule has 1 aromatic rings. The summed E-state index contributed by atoms with van der Waals surface area (Å²) >= 11 is 1.57. The fraction of sp³-hybridized carbons (Fsp3) is 0.455. The molecule has 0 spiro atoms. The van der Waals surface area contributed by atoms with E-state index >= 15 is 0 Å². The predicted molar refractivity (Wildman–Crippen MR) is 63.9 cm³/mol. The molecule has 4 nitrogen and oxygen atoms in total. The van der Waals surface area contributed by atoms with E-state index in [9.17, 15) is 4.79 Å². The Labute approximate surface area is 98.6 Å².